The van der Waals surface area contributed by atoms with Crippen molar-refractivity contribution in [1.29, 1.82) is 0 Å². The maximum absolute atomic E-state index is 13.1. The van der Waals surface area contributed by atoms with Gasteiger partial charge in [0, 0.05) is 16.8 Å². The maximum atomic E-state index is 13.1. The van der Waals surface area contributed by atoms with E-state index in [0.29, 0.717) is 10.8 Å². The molecule has 0 aromatic heterocycles. The highest BCUT2D eigenvalue weighted by Crippen LogP contribution is 2.23. The van der Waals surface area contributed by atoms with Crippen molar-refractivity contribution in [3.63, 3.8) is 0 Å². The number of rotatable bonds is 4. The van der Waals surface area contributed by atoms with Gasteiger partial charge in [-0.3, -0.25) is 4.79 Å². The number of aryl methyl sites for hydroxylation is 1. The number of carbonyl (C=O) groups excluding carboxylic acids is 1. The lowest BCUT2D eigenvalue weighted by molar-refractivity contribution is -0.122. The van der Waals surface area contributed by atoms with Gasteiger partial charge in [-0.15, -0.1) is 0 Å². The standard InChI is InChI=1S/C16H14ClF2NO2/c1-9-7-11(17)3-6-15(9)22-10(2)16(21)20-12-4-5-13(18)14(19)8-12/h3-8,10H,1-2H3,(H,20,21). The minimum atomic E-state index is -1.03. The molecule has 0 aliphatic heterocycles. The zero-order valence-electron chi connectivity index (χ0n) is 12.0. The average Bonchev–Trinajstić information content (AvgIpc) is 2.45. The zero-order valence-corrected chi connectivity index (χ0v) is 12.7. The fourth-order valence-corrected chi connectivity index (χ4v) is 2.03. The number of carbonyl (C=O) groups is 1. The average molecular weight is 326 g/mol. The first kappa shape index (κ1) is 16.2. The highest BCUT2D eigenvalue weighted by Gasteiger charge is 2.16. The topological polar surface area (TPSA) is 38.3 Å². The van der Waals surface area contributed by atoms with E-state index in [9.17, 15) is 13.6 Å². The van der Waals surface area contributed by atoms with Crippen molar-refractivity contribution in [3.8, 4) is 5.75 Å². The minimum absolute atomic E-state index is 0.159. The number of hydrogen-bond acceptors (Lipinski definition) is 2. The maximum Gasteiger partial charge on any atom is 0.265 e. The summed E-state index contributed by atoms with van der Waals surface area (Å²) in [5.41, 5.74) is 0.951. The van der Waals surface area contributed by atoms with Gasteiger partial charge in [0.2, 0.25) is 0 Å². The Balaban J connectivity index is 2.04. The first-order valence-electron chi connectivity index (χ1n) is 6.55. The van der Waals surface area contributed by atoms with Crippen LogP contribution in [0.15, 0.2) is 36.4 Å². The van der Waals surface area contributed by atoms with Crippen molar-refractivity contribution in [2.24, 2.45) is 0 Å². The highest BCUT2D eigenvalue weighted by atomic mass is 35.5. The van der Waals surface area contributed by atoms with Crippen molar-refractivity contribution in [1.82, 2.24) is 0 Å². The van der Waals surface area contributed by atoms with Crippen LogP contribution in [-0.4, -0.2) is 12.0 Å². The molecule has 1 unspecified atom stereocenters. The Morgan fingerprint density at radius 1 is 1.18 bits per heavy atom. The largest absolute Gasteiger partial charge is 0.481 e. The molecule has 1 N–H and O–H groups in total. The third-order valence-electron chi connectivity index (χ3n) is 3.00. The molecule has 0 aliphatic carbocycles. The first-order valence-corrected chi connectivity index (χ1v) is 6.93. The molecule has 2 aromatic carbocycles. The van der Waals surface area contributed by atoms with Crippen LogP contribution in [0.25, 0.3) is 0 Å². The molecule has 0 aliphatic rings. The third kappa shape index (κ3) is 3.95. The fourth-order valence-electron chi connectivity index (χ4n) is 1.81. The van der Waals surface area contributed by atoms with Crippen molar-refractivity contribution in [2.45, 2.75) is 20.0 Å². The number of ether oxygens (including phenoxy) is 1. The fraction of sp³-hybridized carbons (Fsp3) is 0.188. The van der Waals surface area contributed by atoms with E-state index in [4.69, 9.17) is 16.3 Å². The van der Waals surface area contributed by atoms with Gasteiger partial charge >= 0.3 is 0 Å². The molecule has 2 aromatic rings. The molecule has 0 saturated heterocycles. The molecule has 0 fully saturated rings. The SMILES string of the molecule is Cc1cc(Cl)ccc1OC(C)C(=O)Nc1ccc(F)c(F)c1. The lowest BCUT2D eigenvalue weighted by Gasteiger charge is -2.16. The summed E-state index contributed by atoms with van der Waals surface area (Å²) in [6, 6.07) is 8.17. The van der Waals surface area contributed by atoms with Gasteiger partial charge in [0.25, 0.3) is 5.91 Å². The summed E-state index contributed by atoms with van der Waals surface area (Å²) in [6.45, 7) is 3.37. The second-order valence-corrected chi connectivity index (χ2v) is 5.22. The van der Waals surface area contributed by atoms with Gasteiger partial charge in [0.05, 0.1) is 0 Å². The van der Waals surface area contributed by atoms with Crippen LogP contribution in [0.4, 0.5) is 14.5 Å². The number of nitrogens with one attached hydrogen (secondary N) is 1. The van der Waals surface area contributed by atoms with E-state index >= 15 is 0 Å². The van der Waals surface area contributed by atoms with Crippen molar-refractivity contribution in [2.75, 3.05) is 5.32 Å². The summed E-state index contributed by atoms with van der Waals surface area (Å²) in [5.74, 6) is -1.95. The van der Waals surface area contributed by atoms with Gasteiger partial charge in [-0.1, -0.05) is 11.6 Å². The summed E-state index contributed by atoms with van der Waals surface area (Å²) >= 11 is 5.85. The zero-order chi connectivity index (χ0) is 16.3. The molecule has 1 atom stereocenters. The van der Waals surface area contributed by atoms with Crippen LogP contribution in [0.5, 0.6) is 5.75 Å². The number of halogens is 3. The molecule has 3 nitrogen and oxygen atoms in total. The highest BCUT2D eigenvalue weighted by molar-refractivity contribution is 6.30. The van der Waals surface area contributed by atoms with Crippen LogP contribution in [0.3, 0.4) is 0 Å². The number of amides is 1. The van der Waals surface area contributed by atoms with Crippen molar-refractivity contribution in [3.05, 3.63) is 58.6 Å². The molecule has 0 saturated carbocycles. The van der Waals surface area contributed by atoms with E-state index in [2.05, 4.69) is 5.32 Å². The van der Waals surface area contributed by atoms with Gasteiger partial charge in [0.1, 0.15) is 5.75 Å². The van der Waals surface area contributed by atoms with E-state index < -0.39 is 23.6 Å². The second kappa shape index (κ2) is 6.75. The molecule has 22 heavy (non-hydrogen) atoms. The van der Waals surface area contributed by atoms with Crippen LogP contribution in [0, 0.1) is 18.6 Å². The Morgan fingerprint density at radius 2 is 1.91 bits per heavy atom. The lowest BCUT2D eigenvalue weighted by atomic mass is 10.2. The molecule has 0 spiro atoms. The molecule has 2 rings (SSSR count). The summed E-state index contributed by atoms with van der Waals surface area (Å²) in [4.78, 5) is 12.0. The monoisotopic (exact) mass is 325 g/mol. The lowest BCUT2D eigenvalue weighted by Crippen LogP contribution is -2.30. The third-order valence-corrected chi connectivity index (χ3v) is 3.23. The normalized spacial score (nSPS) is 11.9. The molecule has 6 heteroatoms. The Hall–Kier alpha value is -2.14. The smallest absolute Gasteiger partial charge is 0.265 e. The molecule has 1 amide bonds. The predicted molar refractivity (Wildman–Crippen MR) is 81.3 cm³/mol. The van der Waals surface area contributed by atoms with Gasteiger partial charge < -0.3 is 10.1 Å². The number of hydrogen-bond donors (Lipinski definition) is 1. The molecule has 0 bridgehead atoms. The van der Waals surface area contributed by atoms with E-state index in [1.807, 2.05) is 0 Å². The van der Waals surface area contributed by atoms with Gasteiger partial charge in [0.15, 0.2) is 17.7 Å². The van der Waals surface area contributed by atoms with Crippen LogP contribution >= 0.6 is 11.6 Å². The molecule has 116 valence electrons. The quantitative estimate of drug-likeness (QED) is 0.908. The van der Waals surface area contributed by atoms with E-state index in [-0.39, 0.29) is 5.69 Å². The van der Waals surface area contributed by atoms with Crippen LogP contribution in [0.2, 0.25) is 5.02 Å². The second-order valence-electron chi connectivity index (χ2n) is 4.79. The minimum Gasteiger partial charge on any atom is -0.481 e. The van der Waals surface area contributed by atoms with Gasteiger partial charge in [-0.25, -0.2) is 8.78 Å². The molecular formula is C16H14ClF2NO2. The van der Waals surface area contributed by atoms with Gasteiger partial charge in [-0.2, -0.15) is 0 Å². The Bertz CT molecular complexity index is 707. The van der Waals surface area contributed by atoms with Crippen LogP contribution in [-0.2, 0) is 4.79 Å². The summed E-state index contributed by atoms with van der Waals surface area (Å²) in [6.07, 6.45) is -0.812. The van der Waals surface area contributed by atoms with E-state index in [0.717, 1.165) is 17.7 Å². The molecule has 0 heterocycles. The van der Waals surface area contributed by atoms with Gasteiger partial charge in [-0.05, 0) is 49.7 Å². The Labute approximate surface area is 131 Å². The van der Waals surface area contributed by atoms with Crippen LogP contribution in [0.1, 0.15) is 12.5 Å². The summed E-state index contributed by atoms with van der Waals surface area (Å²) in [5, 5.41) is 3.04. The number of anilines is 1. The Morgan fingerprint density at radius 3 is 2.55 bits per heavy atom. The Kier molecular flexibility index (Phi) is 4.98. The summed E-state index contributed by atoms with van der Waals surface area (Å²) < 4.78 is 31.5. The molecule has 0 radical (unpaired) electrons. The van der Waals surface area contributed by atoms with Crippen molar-refractivity contribution < 1.29 is 18.3 Å². The van der Waals surface area contributed by atoms with E-state index in [1.54, 1.807) is 32.0 Å². The van der Waals surface area contributed by atoms with Crippen molar-refractivity contribution >= 4 is 23.2 Å². The van der Waals surface area contributed by atoms with Crippen LogP contribution < -0.4 is 10.1 Å². The molecular weight excluding hydrogens is 312 g/mol. The predicted octanol–water partition coefficient (Wildman–Crippen LogP) is 4.33. The first-order chi connectivity index (χ1) is 10.4. The summed E-state index contributed by atoms with van der Waals surface area (Å²) in [7, 11) is 0. The van der Waals surface area contributed by atoms with E-state index in [1.165, 1.54) is 6.07 Å². The number of benzene rings is 2.